The molecule has 0 spiro atoms. The Balaban J connectivity index is 1.92. The Labute approximate surface area is 148 Å². The van der Waals surface area contributed by atoms with Gasteiger partial charge in [-0.05, 0) is 24.3 Å². The van der Waals surface area contributed by atoms with E-state index < -0.39 is 11.8 Å². The molecule has 1 saturated heterocycles. The average Bonchev–Trinajstić information content (AvgIpc) is 2.89. The summed E-state index contributed by atoms with van der Waals surface area (Å²) in [6, 6.07) is 12.2. The van der Waals surface area contributed by atoms with E-state index in [1.54, 1.807) is 37.5 Å². The number of thioether (sulfide) groups is 1. The molecule has 2 aromatic rings. The maximum absolute atomic E-state index is 12.6. The van der Waals surface area contributed by atoms with Gasteiger partial charge in [0.15, 0.2) is 4.32 Å². The summed E-state index contributed by atoms with van der Waals surface area (Å²) in [5.41, 5.74) is 0.915. The van der Waals surface area contributed by atoms with Crippen molar-refractivity contribution >= 4 is 46.2 Å². The predicted octanol–water partition coefficient (Wildman–Crippen LogP) is 3.13. The lowest BCUT2D eigenvalue weighted by atomic mass is 10.2. The Morgan fingerprint density at radius 1 is 1.25 bits per heavy atom. The predicted molar refractivity (Wildman–Crippen MR) is 96.6 cm³/mol. The zero-order chi connectivity index (χ0) is 17.1. The second kappa shape index (κ2) is 6.94. The number of para-hydroxylation sites is 1. The SMILES string of the molecule is COc1ccccc1/C=C1/SC(=S)N(C(=O)c2ccccn2)C1=O. The highest BCUT2D eigenvalue weighted by molar-refractivity contribution is 8.26. The van der Waals surface area contributed by atoms with Crippen LogP contribution >= 0.6 is 24.0 Å². The number of thiocarbonyl (C=S) groups is 1. The molecule has 1 fully saturated rings. The number of carbonyl (C=O) groups excluding carboxylic acids is 2. The molecule has 0 N–H and O–H groups in total. The number of rotatable bonds is 3. The first-order chi connectivity index (χ1) is 11.6. The van der Waals surface area contributed by atoms with Gasteiger partial charge in [-0.2, -0.15) is 0 Å². The lowest BCUT2D eigenvalue weighted by Crippen LogP contribution is -2.35. The molecule has 0 unspecified atom stereocenters. The lowest BCUT2D eigenvalue weighted by Gasteiger charge is -2.11. The van der Waals surface area contributed by atoms with E-state index in [0.717, 1.165) is 22.2 Å². The first kappa shape index (κ1) is 16.4. The Bertz CT molecular complexity index is 850. The maximum Gasteiger partial charge on any atom is 0.285 e. The van der Waals surface area contributed by atoms with Gasteiger partial charge in [0.2, 0.25) is 0 Å². The van der Waals surface area contributed by atoms with Crippen molar-refractivity contribution in [2.45, 2.75) is 0 Å². The molecule has 7 heteroatoms. The van der Waals surface area contributed by atoms with Gasteiger partial charge < -0.3 is 4.74 Å². The van der Waals surface area contributed by atoms with Crippen molar-refractivity contribution in [3.8, 4) is 5.75 Å². The van der Waals surface area contributed by atoms with Crippen LogP contribution in [0, 0.1) is 0 Å². The van der Waals surface area contributed by atoms with E-state index in [9.17, 15) is 9.59 Å². The van der Waals surface area contributed by atoms with E-state index in [1.807, 2.05) is 18.2 Å². The van der Waals surface area contributed by atoms with Gasteiger partial charge in [-0.3, -0.25) is 14.6 Å². The molecular formula is C17H12N2O3S2. The molecule has 0 radical (unpaired) electrons. The monoisotopic (exact) mass is 356 g/mol. The Morgan fingerprint density at radius 3 is 2.71 bits per heavy atom. The fourth-order valence-corrected chi connectivity index (χ4v) is 3.42. The van der Waals surface area contributed by atoms with Crippen LogP contribution in [0.2, 0.25) is 0 Å². The number of nitrogens with zero attached hydrogens (tertiary/aromatic N) is 2. The second-order valence-electron chi connectivity index (χ2n) is 4.78. The van der Waals surface area contributed by atoms with E-state index in [1.165, 1.54) is 6.20 Å². The first-order valence-corrected chi connectivity index (χ1v) is 8.20. The maximum atomic E-state index is 12.6. The van der Waals surface area contributed by atoms with Gasteiger partial charge in [0, 0.05) is 11.8 Å². The summed E-state index contributed by atoms with van der Waals surface area (Å²) in [7, 11) is 1.56. The zero-order valence-electron chi connectivity index (χ0n) is 12.6. The van der Waals surface area contributed by atoms with Crippen molar-refractivity contribution in [1.29, 1.82) is 0 Å². The van der Waals surface area contributed by atoms with Crippen LogP contribution in [0.25, 0.3) is 6.08 Å². The topological polar surface area (TPSA) is 59.5 Å². The van der Waals surface area contributed by atoms with Gasteiger partial charge in [-0.25, -0.2) is 4.90 Å². The van der Waals surface area contributed by atoms with Crippen LogP contribution in [0.4, 0.5) is 0 Å². The molecule has 3 rings (SSSR count). The van der Waals surface area contributed by atoms with Crippen molar-refractivity contribution in [2.24, 2.45) is 0 Å². The van der Waals surface area contributed by atoms with Gasteiger partial charge >= 0.3 is 0 Å². The zero-order valence-corrected chi connectivity index (χ0v) is 14.3. The lowest BCUT2D eigenvalue weighted by molar-refractivity contribution is -0.120. The largest absolute Gasteiger partial charge is 0.496 e. The van der Waals surface area contributed by atoms with Crippen LogP contribution < -0.4 is 4.74 Å². The van der Waals surface area contributed by atoms with Crippen LogP contribution in [0.5, 0.6) is 5.75 Å². The Hall–Kier alpha value is -2.51. The molecule has 0 bridgehead atoms. The minimum atomic E-state index is -0.526. The number of benzene rings is 1. The highest BCUT2D eigenvalue weighted by Crippen LogP contribution is 2.34. The molecule has 120 valence electrons. The number of hydrogen-bond acceptors (Lipinski definition) is 6. The average molecular weight is 356 g/mol. The minimum Gasteiger partial charge on any atom is -0.496 e. The number of methoxy groups -OCH3 is 1. The third-order valence-corrected chi connectivity index (χ3v) is 4.61. The number of hydrogen-bond donors (Lipinski definition) is 0. The smallest absolute Gasteiger partial charge is 0.285 e. The summed E-state index contributed by atoms with van der Waals surface area (Å²) in [5.74, 6) is -0.341. The van der Waals surface area contributed by atoms with E-state index >= 15 is 0 Å². The minimum absolute atomic E-state index is 0.173. The Kier molecular flexibility index (Phi) is 4.73. The summed E-state index contributed by atoms with van der Waals surface area (Å²) < 4.78 is 5.46. The van der Waals surface area contributed by atoms with Crippen molar-refractivity contribution < 1.29 is 14.3 Å². The normalized spacial score (nSPS) is 15.9. The molecule has 1 aliphatic rings. The molecule has 24 heavy (non-hydrogen) atoms. The van der Waals surface area contributed by atoms with Gasteiger partial charge in [0.05, 0.1) is 12.0 Å². The number of pyridine rings is 1. The quantitative estimate of drug-likeness (QED) is 0.478. The summed E-state index contributed by atoms with van der Waals surface area (Å²) in [6.07, 6.45) is 3.17. The molecular weight excluding hydrogens is 344 g/mol. The summed E-state index contributed by atoms with van der Waals surface area (Å²) in [6.45, 7) is 0. The molecule has 1 aromatic heterocycles. The first-order valence-electron chi connectivity index (χ1n) is 6.98. The number of ether oxygens (including phenoxy) is 1. The number of amides is 2. The summed E-state index contributed by atoms with van der Waals surface area (Å²) in [4.78, 5) is 30.4. The van der Waals surface area contributed by atoms with Gasteiger partial charge in [-0.15, -0.1) is 0 Å². The fourth-order valence-electron chi connectivity index (χ4n) is 2.17. The molecule has 5 nitrogen and oxygen atoms in total. The summed E-state index contributed by atoms with van der Waals surface area (Å²) in [5, 5.41) is 0. The molecule has 0 atom stereocenters. The molecule has 0 aliphatic carbocycles. The third kappa shape index (κ3) is 3.08. The molecule has 1 aliphatic heterocycles. The van der Waals surface area contributed by atoms with Crippen molar-refractivity contribution in [2.75, 3.05) is 7.11 Å². The number of aromatic nitrogens is 1. The highest BCUT2D eigenvalue weighted by atomic mass is 32.2. The van der Waals surface area contributed by atoms with E-state index in [-0.39, 0.29) is 10.0 Å². The Morgan fingerprint density at radius 2 is 2.00 bits per heavy atom. The molecule has 2 heterocycles. The highest BCUT2D eigenvalue weighted by Gasteiger charge is 2.37. The number of carbonyl (C=O) groups is 2. The van der Waals surface area contributed by atoms with Gasteiger partial charge in [-0.1, -0.05) is 48.2 Å². The van der Waals surface area contributed by atoms with Gasteiger partial charge in [0.25, 0.3) is 11.8 Å². The standard InChI is InChI=1S/C17H12N2O3S2/c1-22-13-8-3-2-6-11(13)10-14-16(21)19(17(23)24-14)15(20)12-7-4-5-9-18-12/h2-10H,1H3/b14-10+. The third-order valence-electron chi connectivity index (χ3n) is 3.31. The fraction of sp³-hybridized carbons (Fsp3) is 0.0588. The summed E-state index contributed by atoms with van der Waals surface area (Å²) >= 11 is 6.28. The van der Waals surface area contributed by atoms with Crippen LogP contribution in [0.15, 0.2) is 53.6 Å². The van der Waals surface area contributed by atoms with Crippen molar-refractivity contribution in [3.63, 3.8) is 0 Å². The van der Waals surface area contributed by atoms with Crippen LogP contribution in [-0.4, -0.2) is 33.1 Å². The van der Waals surface area contributed by atoms with E-state index in [4.69, 9.17) is 17.0 Å². The van der Waals surface area contributed by atoms with Crippen molar-refractivity contribution in [3.05, 3.63) is 64.8 Å². The van der Waals surface area contributed by atoms with Crippen molar-refractivity contribution in [1.82, 2.24) is 9.88 Å². The van der Waals surface area contributed by atoms with E-state index in [2.05, 4.69) is 4.98 Å². The van der Waals surface area contributed by atoms with Gasteiger partial charge in [0.1, 0.15) is 11.4 Å². The molecule has 1 aromatic carbocycles. The second-order valence-corrected chi connectivity index (χ2v) is 6.45. The number of imide groups is 1. The van der Waals surface area contributed by atoms with Crippen LogP contribution in [0.1, 0.15) is 16.1 Å². The van der Waals surface area contributed by atoms with Crippen LogP contribution in [0.3, 0.4) is 0 Å². The van der Waals surface area contributed by atoms with Crippen LogP contribution in [-0.2, 0) is 4.79 Å². The van der Waals surface area contributed by atoms with E-state index in [0.29, 0.717) is 10.7 Å². The molecule has 2 amide bonds. The molecule has 0 saturated carbocycles.